The summed E-state index contributed by atoms with van der Waals surface area (Å²) in [5.74, 6) is 0.865. The molecule has 3 aliphatic rings. The number of hydrogen-bond donors (Lipinski definition) is 1. The quantitative estimate of drug-likeness (QED) is 0.927. The van der Waals surface area contributed by atoms with Crippen molar-refractivity contribution < 1.29 is 0 Å². The van der Waals surface area contributed by atoms with Crippen LogP contribution in [0.25, 0.3) is 0 Å². The molecule has 0 saturated carbocycles. The zero-order valence-electron chi connectivity index (χ0n) is 14.7. The normalized spacial score (nSPS) is 28.6. The highest BCUT2D eigenvalue weighted by atomic mass is 15.2. The second kappa shape index (κ2) is 6.94. The molecule has 0 amide bonds. The van der Waals surface area contributed by atoms with Gasteiger partial charge < -0.3 is 9.80 Å². The fraction of sp³-hybridized carbons (Fsp3) is 0.842. The lowest BCUT2D eigenvalue weighted by Crippen LogP contribution is -2.50. The maximum Gasteiger partial charge on any atom is 0.0796 e. The van der Waals surface area contributed by atoms with Gasteiger partial charge in [0, 0.05) is 24.8 Å². The van der Waals surface area contributed by atoms with Gasteiger partial charge in [0.25, 0.3) is 0 Å². The monoisotopic (exact) mass is 316 g/mol. The highest BCUT2D eigenvalue weighted by molar-refractivity contribution is 5.27. The second-order valence-corrected chi connectivity index (χ2v) is 8.03. The van der Waals surface area contributed by atoms with Crippen LogP contribution >= 0.6 is 0 Å². The second-order valence-electron chi connectivity index (χ2n) is 8.03. The Morgan fingerprint density at radius 3 is 2.91 bits per heavy atom. The summed E-state index contributed by atoms with van der Waals surface area (Å²) in [4.78, 5) is 5.32. The molecule has 1 N–H and O–H groups in total. The smallest absolute Gasteiger partial charge is 0.0796 e. The molecule has 0 bridgehead atoms. The maximum atomic E-state index is 4.64. The van der Waals surface area contributed by atoms with E-state index in [1.54, 1.807) is 0 Å². The van der Waals surface area contributed by atoms with Crippen molar-refractivity contribution in [3.05, 3.63) is 17.0 Å². The summed E-state index contributed by atoms with van der Waals surface area (Å²) < 4.78 is 0. The van der Waals surface area contributed by atoms with Crippen LogP contribution in [0.1, 0.15) is 61.9 Å². The Labute approximate surface area is 140 Å². The van der Waals surface area contributed by atoms with E-state index in [4.69, 9.17) is 0 Å². The van der Waals surface area contributed by atoms with Crippen molar-refractivity contribution in [3.8, 4) is 0 Å². The molecule has 2 aliphatic heterocycles. The van der Waals surface area contributed by atoms with E-state index < -0.39 is 0 Å². The minimum absolute atomic E-state index is 0.855. The number of nitrogens with zero attached hydrogens (tertiary/aromatic N) is 3. The molecule has 4 rings (SSSR count). The summed E-state index contributed by atoms with van der Waals surface area (Å²) in [6.45, 7) is 4.95. The molecule has 2 saturated heterocycles. The third kappa shape index (κ3) is 3.34. The van der Waals surface area contributed by atoms with E-state index in [1.165, 1.54) is 94.4 Å². The van der Waals surface area contributed by atoms with Crippen LogP contribution in [0, 0.1) is 5.92 Å². The minimum atomic E-state index is 0.855. The van der Waals surface area contributed by atoms with Crippen molar-refractivity contribution in [2.75, 3.05) is 26.7 Å². The topological polar surface area (TPSA) is 35.2 Å². The van der Waals surface area contributed by atoms with Crippen LogP contribution in [-0.2, 0) is 19.4 Å². The minimum Gasteiger partial charge on any atom is -0.300 e. The number of piperidine rings is 2. The van der Waals surface area contributed by atoms with Crippen molar-refractivity contribution in [1.82, 2.24) is 20.0 Å². The van der Waals surface area contributed by atoms with Crippen LogP contribution in [0.4, 0.5) is 0 Å². The molecule has 0 aromatic carbocycles. The highest BCUT2D eigenvalue weighted by Gasteiger charge is 2.33. The molecular formula is C19H32N4. The predicted molar refractivity (Wildman–Crippen MR) is 93.5 cm³/mol. The number of hydrogen-bond acceptors (Lipinski definition) is 3. The van der Waals surface area contributed by atoms with Crippen LogP contribution in [0.2, 0.25) is 0 Å². The van der Waals surface area contributed by atoms with Gasteiger partial charge in [0.2, 0.25) is 0 Å². The lowest BCUT2D eigenvalue weighted by Gasteiger charge is -2.45. The molecule has 4 heteroatoms. The molecule has 1 aliphatic carbocycles. The predicted octanol–water partition coefficient (Wildman–Crippen LogP) is 2.98. The SMILES string of the molecule is CN(Cc1n[nH]c2c1CCCC2)C[C@@H]1CCCN2CCCC[C@H]12. The van der Waals surface area contributed by atoms with Crippen molar-refractivity contribution in [1.29, 1.82) is 0 Å². The zero-order chi connectivity index (χ0) is 15.6. The first-order valence-corrected chi connectivity index (χ1v) is 9.79. The Morgan fingerprint density at radius 2 is 1.96 bits per heavy atom. The van der Waals surface area contributed by atoms with Crippen LogP contribution in [0.3, 0.4) is 0 Å². The van der Waals surface area contributed by atoms with E-state index in [1.807, 2.05) is 0 Å². The van der Waals surface area contributed by atoms with E-state index in [2.05, 4.69) is 27.0 Å². The van der Waals surface area contributed by atoms with Gasteiger partial charge in [-0.3, -0.25) is 5.10 Å². The van der Waals surface area contributed by atoms with Gasteiger partial charge in [-0.25, -0.2) is 0 Å². The number of aromatic amines is 1. The van der Waals surface area contributed by atoms with Gasteiger partial charge in [0.15, 0.2) is 0 Å². The summed E-state index contributed by atoms with van der Waals surface area (Å²) in [7, 11) is 2.30. The Hall–Kier alpha value is -0.870. The maximum absolute atomic E-state index is 4.64. The third-order valence-electron chi connectivity index (χ3n) is 6.34. The van der Waals surface area contributed by atoms with Crippen molar-refractivity contribution in [2.24, 2.45) is 5.92 Å². The molecule has 1 aromatic rings. The highest BCUT2D eigenvalue weighted by Crippen LogP contribution is 2.31. The molecule has 0 unspecified atom stereocenters. The number of aromatic nitrogens is 2. The van der Waals surface area contributed by atoms with Gasteiger partial charge in [-0.15, -0.1) is 0 Å². The van der Waals surface area contributed by atoms with Crippen molar-refractivity contribution in [2.45, 2.75) is 70.4 Å². The summed E-state index contributed by atoms with van der Waals surface area (Å²) in [6.07, 6.45) is 12.2. The molecule has 2 fully saturated rings. The molecule has 2 atom stereocenters. The van der Waals surface area contributed by atoms with E-state index in [-0.39, 0.29) is 0 Å². The number of H-pyrrole nitrogens is 1. The molecule has 3 heterocycles. The molecule has 128 valence electrons. The molecule has 1 aromatic heterocycles. The zero-order valence-corrected chi connectivity index (χ0v) is 14.7. The van der Waals surface area contributed by atoms with Crippen LogP contribution in [0.5, 0.6) is 0 Å². The van der Waals surface area contributed by atoms with Crippen LogP contribution < -0.4 is 0 Å². The summed E-state index contributed by atoms with van der Waals surface area (Å²) in [5.41, 5.74) is 4.26. The van der Waals surface area contributed by atoms with Crippen LogP contribution in [0.15, 0.2) is 0 Å². The van der Waals surface area contributed by atoms with E-state index >= 15 is 0 Å². The first kappa shape index (κ1) is 15.6. The number of aryl methyl sites for hydroxylation is 1. The summed E-state index contributed by atoms with van der Waals surface area (Å²) >= 11 is 0. The van der Waals surface area contributed by atoms with Gasteiger partial charge >= 0.3 is 0 Å². The Morgan fingerprint density at radius 1 is 1.09 bits per heavy atom. The van der Waals surface area contributed by atoms with Gasteiger partial charge in [-0.05, 0) is 83.0 Å². The van der Waals surface area contributed by atoms with Gasteiger partial charge in [-0.1, -0.05) is 6.42 Å². The average Bonchev–Trinajstić information content (AvgIpc) is 2.98. The Bertz CT molecular complexity index is 521. The molecule has 0 spiro atoms. The fourth-order valence-corrected chi connectivity index (χ4v) is 5.19. The Kier molecular flexibility index (Phi) is 4.72. The lowest BCUT2D eigenvalue weighted by molar-refractivity contribution is 0.0433. The van der Waals surface area contributed by atoms with Crippen LogP contribution in [-0.4, -0.2) is 52.7 Å². The molecular weight excluding hydrogens is 284 g/mol. The number of rotatable bonds is 4. The van der Waals surface area contributed by atoms with Crippen molar-refractivity contribution in [3.63, 3.8) is 0 Å². The van der Waals surface area contributed by atoms with Crippen molar-refractivity contribution >= 4 is 0 Å². The number of fused-ring (bicyclic) bond motifs is 2. The molecule has 4 nitrogen and oxygen atoms in total. The van der Waals surface area contributed by atoms with E-state index in [9.17, 15) is 0 Å². The van der Waals surface area contributed by atoms with Gasteiger partial charge in [0.05, 0.1) is 5.69 Å². The first-order valence-electron chi connectivity index (χ1n) is 9.79. The standard InChI is InChI=1S/C19H32N4/c1-22(14-18-16-8-2-3-9-17(16)20-21-18)13-15-7-6-12-23-11-5-4-10-19(15)23/h15,19H,2-14H2,1H3,(H,20,21)/t15-,19+/m0/s1. The largest absolute Gasteiger partial charge is 0.300 e. The summed E-state index contributed by atoms with van der Waals surface area (Å²) in [5, 5.41) is 7.93. The van der Waals surface area contributed by atoms with Gasteiger partial charge in [0.1, 0.15) is 0 Å². The van der Waals surface area contributed by atoms with E-state index in [0.717, 1.165) is 18.5 Å². The molecule has 23 heavy (non-hydrogen) atoms. The first-order chi connectivity index (χ1) is 11.3. The summed E-state index contributed by atoms with van der Waals surface area (Å²) in [6, 6.07) is 0.855. The lowest BCUT2D eigenvalue weighted by atomic mass is 9.83. The molecule has 0 radical (unpaired) electrons. The Balaban J connectivity index is 1.37. The third-order valence-corrected chi connectivity index (χ3v) is 6.34. The van der Waals surface area contributed by atoms with E-state index in [0.29, 0.717) is 0 Å². The fourth-order valence-electron chi connectivity index (χ4n) is 5.19. The average molecular weight is 316 g/mol. The number of nitrogens with one attached hydrogen (secondary N) is 1. The van der Waals surface area contributed by atoms with Gasteiger partial charge in [-0.2, -0.15) is 5.10 Å².